The monoisotopic (exact) mass is 734 g/mol. The van der Waals surface area contributed by atoms with Gasteiger partial charge < -0.3 is 46.1 Å². The molecule has 6 rings (SSSR count). The van der Waals surface area contributed by atoms with E-state index in [9.17, 15) is 39.6 Å². The summed E-state index contributed by atoms with van der Waals surface area (Å²) in [6.45, 7) is 0.378. The maximum absolute atomic E-state index is 13.0. The smallest absolute Gasteiger partial charge is 0.345 e. The van der Waals surface area contributed by atoms with E-state index in [1.807, 2.05) is 12.1 Å². The Hall–Kier alpha value is -6.02. The van der Waals surface area contributed by atoms with Crippen molar-refractivity contribution < 1.29 is 39.5 Å². The van der Waals surface area contributed by atoms with Crippen LogP contribution in [0.2, 0.25) is 0 Å². The van der Waals surface area contributed by atoms with Gasteiger partial charge in [-0.1, -0.05) is 60.7 Å². The Bertz CT molecular complexity index is 2170. The van der Waals surface area contributed by atoms with Crippen molar-refractivity contribution in [2.24, 2.45) is 0 Å². The third kappa shape index (κ3) is 8.77. The molecule has 8 N–H and O–H groups in total. The van der Waals surface area contributed by atoms with Crippen LogP contribution < -0.4 is 26.2 Å². The van der Waals surface area contributed by atoms with Gasteiger partial charge in [0.2, 0.25) is 11.2 Å². The zero-order valence-electron chi connectivity index (χ0n) is 29.3. The number of phenols is 1. The number of aliphatic hydroxyl groups is 2. The maximum Gasteiger partial charge on any atom is 0.345 e. The minimum Gasteiger partial charge on any atom is -0.506 e. The zero-order valence-corrected chi connectivity index (χ0v) is 29.3. The molecule has 54 heavy (non-hydrogen) atoms. The number of carboxylic acid groups (broad SMARTS) is 1. The molecule has 0 saturated heterocycles. The Morgan fingerprint density at radius 2 is 1.52 bits per heavy atom. The van der Waals surface area contributed by atoms with Crippen molar-refractivity contribution in [1.29, 1.82) is 0 Å². The predicted octanol–water partition coefficient (Wildman–Crippen LogP) is 3.61. The lowest BCUT2D eigenvalue weighted by atomic mass is 9.86. The molecular formula is C41H42N4O9. The maximum atomic E-state index is 13.0. The van der Waals surface area contributed by atoms with Gasteiger partial charge in [0.15, 0.2) is 6.61 Å². The van der Waals surface area contributed by atoms with Crippen molar-refractivity contribution in [3.8, 4) is 11.5 Å². The molecule has 5 aromatic rings. The van der Waals surface area contributed by atoms with Gasteiger partial charge in [-0.3, -0.25) is 14.4 Å². The van der Waals surface area contributed by atoms with Crippen LogP contribution in [0.4, 0.5) is 0 Å². The number of fused-ring (bicyclic) bond motifs is 1. The molecule has 1 aliphatic carbocycles. The van der Waals surface area contributed by atoms with Crippen LogP contribution in [0.15, 0.2) is 108 Å². The van der Waals surface area contributed by atoms with Gasteiger partial charge in [0.25, 0.3) is 11.8 Å². The molecule has 2 amide bonds. The summed E-state index contributed by atoms with van der Waals surface area (Å²) < 4.78 is 5.66. The molecule has 1 heterocycles. The number of carboxylic acids is 1. The number of aromatic amines is 1. The number of pyridine rings is 1. The Morgan fingerprint density at radius 3 is 2.22 bits per heavy atom. The molecule has 1 aliphatic rings. The predicted molar refractivity (Wildman–Crippen MR) is 200 cm³/mol. The number of nitrogens with one attached hydrogen (secondary N) is 4. The van der Waals surface area contributed by atoms with E-state index in [1.165, 1.54) is 36.4 Å². The molecule has 0 spiro atoms. The fourth-order valence-corrected chi connectivity index (χ4v) is 6.76. The first-order chi connectivity index (χ1) is 26.0. The van der Waals surface area contributed by atoms with Gasteiger partial charge in [0.05, 0.1) is 11.6 Å². The molecule has 280 valence electrons. The van der Waals surface area contributed by atoms with Crippen molar-refractivity contribution in [2.75, 3.05) is 13.2 Å². The number of aromatic nitrogens is 1. The van der Waals surface area contributed by atoms with Crippen molar-refractivity contribution in [3.63, 3.8) is 0 Å². The first-order valence-electron chi connectivity index (χ1n) is 17.7. The lowest BCUT2D eigenvalue weighted by molar-refractivity contribution is -0.155. The molecule has 2 unspecified atom stereocenters. The van der Waals surface area contributed by atoms with Crippen molar-refractivity contribution in [2.45, 2.75) is 56.0 Å². The van der Waals surface area contributed by atoms with E-state index < -0.39 is 17.7 Å². The number of hydrogen-bond donors (Lipinski definition) is 8. The van der Waals surface area contributed by atoms with E-state index in [1.54, 1.807) is 54.6 Å². The molecule has 1 saturated carbocycles. The topological polar surface area (TPSA) is 210 Å². The van der Waals surface area contributed by atoms with E-state index in [0.717, 1.165) is 5.56 Å². The summed E-state index contributed by atoms with van der Waals surface area (Å²) >= 11 is 0. The van der Waals surface area contributed by atoms with Gasteiger partial charge in [-0.05, 0) is 78.8 Å². The highest BCUT2D eigenvalue weighted by molar-refractivity contribution is 5.94. The molecule has 0 radical (unpaired) electrons. The van der Waals surface area contributed by atoms with Crippen LogP contribution in [0.25, 0.3) is 10.9 Å². The molecule has 1 aromatic heterocycles. The number of H-pyrrole nitrogens is 1. The third-order valence-corrected chi connectivity index (χ3v) is 9.70. The van der Waals surface area contributed by atoms with Crippen LogP contribution in [0.1, 0.15) is 64.4 Å². The molecule has 0 aliphatic heterocycles. The Labute approximate surface area is 310 Å². The third-order valence-electron chi connectivity index (χ3n) is 9.70. The minimum absolute atomic E-state index is 0.0427. The molecule has 4 aromatic carbocycles. The molecule has 2 atom stereocenters. The van der Waals surface area contributed by atoms with Crippen LogP contribution in [0.5, 0.6) is 11.5 Å². The Kier molecular flexibility index (Phi) is 11.7. The zero-order chi connectivity index (χ0) is 38.2. The first kappa shape index (κ1) is 37.7. The number of aliphatic hydroxyl groups excluding tert-OH is 1. The van der Waals surface area contributed by atoms with Crippen LogP contribution in [-0.2, 0) is 21.7 Å². The van der Waals surface area contributed by atoms with Crippen molar-refractivity contribution >= 4 is 28.7 Å². The molecule has 13 nitrogen and oxygen atoms in total. The second-order valence-corrected chi connectivity index (χ2v) is 13.4. The quantitative estimate of drug-likeness (QED) is 0.0831. The minimum atomic E-state index is -2.29. The van der Waals surface area contributed by atoms with Crippen molar-refractivity contribution in [1.82, 2.24) is 20.9 Å². The summed E-state index contributed by atoms with van der Waals surface area (Å²) in [5, 5.41) is 51.7. The highest BCUT2D eigenvalue weighted by Crippen LogP contribution is 2.32. The largest absolute Gasteiger partial charge is 0.506 e. The number of benzene rings is 4. The lowest BCUT2D eigenvalue weighted by Gasteiger charge is -2.29. The SMILES string of the molecule is O=C(COc1cccc(C(O)(C(=O)O)c2ccccc2)c1)NC1CCC(NC(=O)c2ccc(CNCC(O)c3ccc(O)c4[nH]c(=O)ccc34)cc2)CC1. The van der Waals surface area contributed by atoms with Gasteiger partial charge in [0.1, 0.15) is 11.5 Å². The second kappa shape index (κ2) is 16.8. The van der Waals surface area contributed by atoms with Gasteiger partial charge in [-0.15, -0.1) is 0 Å². The number of aromatic hydroxyl groups is 1. The summed E-state index contributed by atoms with van der Waals surface area (Å²) in [6, 6.07) is 27.1. The van der Waals surface area contributed by atoms with E-state index >= 15 is 0 Å². The molecule has 13 heteroatoms. The second-order valence-electron chi connectivity index (χ2n) is 13.4. The summed E-state index contributed by atoms with van der Waals surface area (Å²) in [6.07, 6.45) is 1.82. The average Bonchev–Trinajstić information content (AvgIpc) is 3.18. The molecule has 0 bridgehead atoms. The summed E-state index contributed by atoms with van der Waals surface area (Å²) in [7, 11) is 0. The highest BCUT2D eigenvalue weighted by atomic mass is 16.5. The van der Waals surface area contributed by atoms with Gasteiger partial charge >= 0.3 is 5.97 Å². The van der Waals surface area contributed by atoms with Gasteiger partial charge in [-0.25, -0.2) is 4.79 Å². The number of amides is 2. The van der Waals surface area contributed by atoms with Crippen molar-refractivity contribution in [3.05, 3.63) is 141 Å². The van der Waals surface area contributed by atoms with E-state index in [0.29, 0.717) is 48.7 Å². The molecule has 1 fully saturated rings. The summed E-state index contributed by atoms with van der Waals surface area (Å²) in [5.41, 5.74) is -0.0639. The highest BCUT2D eigenvalue weighted by Gasteiger charge is 2.40. The van der Waals surface area contributed by atoms with E-state index in [4.69, 9.17) is 4.74 Å². The standard InChI is InChI=1S/C41H42N4O9/c46-34-19-17-32(33-18-20-36(48)45-38(33)34)35(47)23-42-22-25-9-11-26(12-10-25)39(50)44-30-15-13-29(14-16-30)43-37(49)24-54-31-8-4-7-28(21-31)41(53,40(51)52)27-5-2-1-3-6-27/h1-12,17-21,29-30,35,42,46-47,53H,13-16,22-24H2,(H,43,49)(H,44,50)(H,45,48)(H,51,52). The van der Waals surface area contributed by atoms with Gasteiger partial charge in [0, 0.05) is 47.8 Å². The van der Waals surface area contributed by atoms with Crippen LogP contribution in [0, 0.1) is 0 Å². The van der Waals surface area contributed by atoms with E-state index in [-0.39, 0.29) is 70.8 Å². The van der Waals surface area contributed by atoms with Gasteiger partial charge in [-0.2, -0.15) is 0 Å². The summed E-state index contributed by atoms with van der Waals surface area (Å²) in [5.74, 6) is -1.79. The van der Waals surface area contributed by atoms with Crippen LogP contribution >= 0.6 is 0 Å². The fourth-order valence-electron chi connectivity index (χ4n) is 6.76. The molecular weight excluding hydrogens is 692 g/mol. The average molecular weight is 735 g/mol. The number of ether oxygens (including phenoxy) is 1. The number of phenolic OH excluding ortho intramolecular Hbond substituents is 1. The number of carbonyl (C=O) groups excluding carboxylic acids is 2. The Morgan fingerprint density at radius 1 is 0.833 bits per heavy atom. The van der Waals surface area contributed by atoms with Crippen LogP contribution in [0.3, 0.4) is 0 Å². The fraction of sp³-hybridized carbons (Fsp3) is 0.268. The summed E-state index contributed by atoms with van der Waals surface area (Å²) in [4.78, 5) is 52.1. The van der Waals surface area contributed by atoms with Crippen LogP contribution in [-0.4, -0.2) is 68.4 Å². The first-order valence-corrected chi connectivity index (χ1v) is 17.7. The normalized spacial score (nSPS) is 17.2. The lowest BCUT2D eigenvalue weighted by Crippen LogP contribution is -2.44. The van der Waals surface area contributed by atoms with E-state index in [2.05, 4.69) is 20.9 Å². The number of hydrogen-bond acceptors (Lipinski definition) is 9. The Balaban J connectivity index is 0.918. The number of aliphatic carboxylic acids is 1. The number of rotatable bonds is 14. The number of carbonyl (C=O) groups is 3.